The van der Waals surface area contributed by atoms with Gasteiger partial charge in [-0.15, -0.1) is 0 Å². The van der Waals surface area contributed by atoms with Gasteiger partial charge in [0.25, 0.3) is 11.8 Å². The van der Waals surface area contributed by atoms with Crippen molar-refractivity contribution in [3.8, 4) is 0 Å². The smallest absolute Gasteiger partial charge is 0.291 e. The first-order chi connectivity index (χ1) is 15.7. The molecule has 0 spiro atoms. The Morgan fingerprint density at radius 2 is 1.70 bits per heavy atom. The van der Waals surface area contributed by atoms with Gasteiger partial charge in [-0.25, -0.2) is 8.42 Å². The molecule has 11 heteroatoms. The van der Waals surface area contributed by atoms with Gasteiger partial charge in [0.15, 0.2) is 5.76 Å². The van der Waals surface area contributed by atoms with Crippen LogP contribution in [0.3, 0.4) is 0 Å². The lowest BCUT2D eigenvalue weighted by molar-refractivity contribution is 0.0697. The van der Waals surface area contributed by atoms with Crippen molar-refractivity contribution in [3.05, 3.63) is 65.4 Å². The van der Waals surface area contributed by atoms with Crippen LogP contribution in [0.2, 0.25) is 0 Å². The molecule has 1 N–H and O–H groups in total. The standard InChI is InChI=1S/C22H25N5O5S/c1-15-20(16(2)25(3)24-15)33(30,31)27-12-10-26(11-13-27)22(29)17-6-8-18(9-7-17)23-21(28)19-5-4-14-32-19/h4-9,14H,10-13H2,1-3H3,(H,23,28). The Labute approximate surface area is 191 Å². The number of benzene rings is 1. The van der Waals surface area contributed by atoms with Crippen LogP contribution in [0.4, 0.5) is 5.69 Å². The summed E-state index contributed by atoms with van der Waals surface area (Å²) in [6, 6.07) is 9.73. The molecule has 0 radical (unpaired) electrons. The van der Waals surface area contributed by atoms with Crippen LogP contribution in [-0.4, -0.2) is 65.4 Å². The van der Waals surface area contributed by atoms with Gasteiger partial charge in [0.1, 0.15) is 4.90 Å². The van der Waals surface area contributed by atoms with E-state index >= 15 is 0 Å². The maximum atomic E-state index is 13.1. The number of hydrogen-bond acceptors (Lipinski definition) is 6. The fraction of sp³-hybridized carbons (Fsp3) is 0.318. The minimum Gasteiger partial charge on any atom is -0.459 e. The van der Waals surface area contributed by atoms with Crippen LogP contribution in [-0.2, 0) is 17.1 Å². The van der Waals surface area contributed by atoms with Gasteiger partial charge < -0.3 is 14.6 Å². The second kappa shape index (κ2) is 8.83. The van der Waals surface area contributed by atoms with Gasteiger partial charge in [0.05, 0.1) is 17.7 Å². The summed E-state index contributed by atoms with van der Waals surface area (Å²) in [7, 11) is -1.97. The van der Waals surface area contributed by atoms with Crippen LogP contribution in [0, 0.1) is 13.8 Å². The molecule has 174 valence electrons. The van der Waals surface area contributed by atoms with E-state index in [4.69, 9.17) is 4.42 Å². The lowest BCUT2D eigenvalue weighted by Gasteiger charge is -2.34. The summed E-state index contributed by atoms with van der Waals surface area (Å²) in [5.41, 5.74) is 2.05. The second-order valence-corrected chi connectivity index (χ2v) is 9.70. The molecule has 0 bridgehead atoms. The zero-order chi connectivity index (χ0) is 23.8. The molecule has 3 aromatic rings. The number of carbonyl (C=O) groups is 2. The highest BCUT2D eigenvalue weighted by molar-refractivity contribution is 7.89. The van der Waals surface area contributed by atoms with Gasteiger partial charge in [-0.05, 0) is 50.2 Å². The Morgan fingerprint density at radius 1 is 1.03 bits per heavy atom. The number of amides is 2. The molecule has 0 unspecified atom stereocenters. The molecule has 2 aromatic heterocycles. The summed E-state index contributed by atoms with van der Waals surface area (Å²) in [6.45, 7) is 4.40. The van der Waals surface area contributed by atoms with E-state index in [2.05, 4.69) is 10.4 Å². The average Bonchev–Trinajstić information content (AvgIpc) is 3.42. The van der Waals surface area contributed by atoms with Gasteiger partial charge >= 0.3 is 0 Å². The van der Waals surface area contributed by atoms with Crippen molar-refractivity contribution >= 4 is 27.5 Å². The van der Waals surface area contributed by atoms with E-state index in [1.54, 1.807) is 66.9 Å². The van der Waals surface area contributed by atoms with E-state index in [0.717, 1.165) is 0 Å². The van der Waals surface area contributed by atoms with Crippen LogP contribution < -0.4 is 5.32 Å². The van der Waals surface area contributed by atoms with Crippen molar-refractivity contribution in [2.45, 2.75) is 18.7 Å². The third-order valence-electron chi connectivity index (χ3n) is 5.70. The van der Waals surface area contributed by atoms with Crippen molar-refractivity contribution in [2.24, 2.45) is 7.05 Å². The van der Waals surface area contributed by atoms with E-state index < -0.39 is 10.0 Å². The fourth-order valence-electron chi connectivity index (χ4n) is 3.87. The van der Waals surface area contributed by atoms with E-state index in [-0.39, 0.29) is 48.6 Å². The first-order valence-corrected chi connectivity index (χ1v) is 11.9. The van der Waals surface area contributed by atoms with E-state index in [0.29, 0.717) is 22.6 Å². The van der Waals surface area contributed by atoms with E-state index in [9.17, 15) is 18.0 Å². The summed E-state index contributed by atoms with van der Waals surface area (Å²) < 4.78 is 34.3. The van der Waals surface area contributed by atoms with Crippen molar-refractivity contribution in [1.82, 2.24) is 19.0 Å². The molecule has 10 nitrogen and oxygen atoms in total. The van der Waals surface area contributed by atoms with Crippen molar-refractivity contribution in [3.63, 3.8) is 0 Å². The quantitative estimate of drug-likeness (QED) is 0.608. The third kappa shape index (κ3) is 4.41. The number of aromatic nitrogens is 2. The maximum absolute atomic E-state index is 13.1. The predicted octanol–water partition coefficient (Wildman–Crippen LogP) is 2.03. The molecular weight excluding hydrogens is 446 g/mol. The van der Waals surface area contributed by atoms with Gasteiger partial charge in [0, 0.05) is 44.5 Å². The minimum atomic E-state index is -3.69. The molecule has 1 fully saturated rings. The Kier molecular flexibility index (Phi) is 6.09. The molecule has 0 atom stereocenters. The molecule has 4 rings (SSSR count). The van der Waals surface area contributed by atoms with Gasteiger partial charge in [-0.1, -0.05) is 0 Å². The predicted molar refractivity (Wildman–Crippen MR) is 120 cm³/mol. The van der Waals surface area contributed by atoms with Crippen LogP contribution >= 0.6 is 0 Å². The first kappa shape index (κ1) is 22.7. The minimum absolute atomic E-state index is 0.190. The number of aryl methyl sites for hydroxylation is 2. The van der Waals surface area contributed by atoms with Gasteiger partial charge in [-0.2, -0.15) is 9.40 Å². The highest BCUT2D eigenvalue weighted by Gasteiger charge is 2.34. The Hall–Kier alpha value is -3.44. The van der Waals surface area contributed by atoms with Crippen molar-refractivity contribution in [1.29, 1.82) is 0 Å². The number of furan rings is 1. The van der Waals surface area contributed by atoms with E-state index in [1.807, 2.05) is 0 Å². The zero-order valence-electron chi connectivity index (χ0n) is 18.6. The third-order valence-corrected chi connectivity index (χ3v) is 7.85. The number of nitrogens with one attached hydrogen (secondary N) is 1. The van der Waals surface area contributed by atoms with Crippen LogP contribution in [0.5, 0.6) is 0 Å². The normalized spacial score (nSPS) is 14.9. The number of anilines is 1. The average molecular weight is 472 g/mol. The molecule has 1 aliphatic rings. The molecule has 1 aromatic carbocycles. The molecule has 0 saturated carbocycles. The molecule has 1 aliphatic heterocycles. The fourth-order valence-corrected chi connectivity index (χ4v) is 5.69. The Morgan fingerprint density at radius 3 is 2.24 bits per heavy atom. The number of piperazine rings is 1. The summed E-state index contributed by atoms with van der Waals surface area (Å²) >= 11 is 0. The molecule has 33 heavy (non-hydrogen) atoms. The van der Waals surface area contributed by atoms with Crippen LogP contribution in [0.15, 0.2) is 52.0 Å². The largest absolute Gasteiger partial charge is 0.459 e. The summed E-state index contributed by atoms with van der Waals surface area (Å²) in [6.07, 6.45) is 1.42. The number of rotatable bonds is 5. The van der Waals surface area contributed by atoms with E-state index in [1.165, 1.54) is 10.6 Å². The highest BCUT2D eigenvalue weighted by atomic mass is 32.2. The van der Waals surface area contributed by atoms with Crippen molar-refractivity contribution in [2.75, 3.05) is 31.5 Å². The number of carbonyl (C=O) groups excluding carboxylic acids is 2. The topological polar surface area (TPSA) is 118 Å². The first-order valence-electron chi connectivity index (χ1n) is 10.4. The van der Waals surface area contributed by atoms with Crippen molar-refractivity contribution < 1.29 is 22.4 Å². The Balaban J connectivity index is 1.38. The molecule has 0 aliphatic carbocycles. The van der Waals surface area contributed by atoms with Crippen LogP contribution in [0.25, 0.3) is 0 Å². The molecule has 1 saturated heterocycles. The van der Waals surface area contributed by atoms with Gasteiger partial charge in [-0.3, -0.25) is 14.3 Å². The highest BCUT2D eigenvalue weighted by Crippen LogP contribution is 2.24. The lowest BCUT2D eigenvalue weighted by atomic mass is 10.1. The number of sulfonamides is 1. The second-order valence-electron chi connectivity index (χ2n) is 7.83. The maximum Gasteiger partial charge on any atom is 0.291 e. The number of nitrogens with zero attached hydrogens (tertiary/aromatic N) is 4. The summed E-state index contributed by atoms with van der Waals surface area (Å²) in [5.74, 6) is -0.375. The molecule has 2 amide bonds. The lowest BCUT2D eigenvalue weighted by Crippen LogP contribution is -2.50. The molecular formula is C22H25N5O5S. The van der Waals surface area contributed by atoms with Crippen LogP contribution in [0.1, 0.15) is 32.3 Å². The zero-order valence-corrected chi connectivity index (χ0v) is 19.4. The summed E-state index contributed by atoms with van der Waals surface area (Å²) in [4.78, 5) is 26.8. The Bertz CT molecular complexity index is 1270. The monoisotopic (exact) mass is 471 g/mol. The SMILES string of the molecule is Cc1nn(C)c(C)c1S(=O)(=O)N1CCN(C(=O)c2ccc(NC(=O)c3ccco3)cc2)CC1. The number of hydrogen-bond donors (Lipinski definition) is 1. The summed E-state index contributed by atoms with van der Waals surface area (Å²) in [5, 5.41) is 6.91. The van der Waals surface area contributed by atoms with Gasteiger partial charge in [0.2, 0.25) is 10.0 Å². The molecule has 3 heterocycles.